The van der Waals surface area contributed by atoms with Gasteiger partial charge in [-0.1, -0.05) is 29.8 Å². The lowest BCUT2D eigenvalue weighted by molar-refractivity contribution is -0.137. The van der Waals surface area contributed by atoms with E-state index in [1.165, 1.54) is 0 Å². The second-order valence-electron chi connectivity index (χ2n) is 7.01. The average Bonchev–Trinajstić information content (AvgIpc) is 2.88. The Hall–Kier alpha value is -2.32. The van der Waals surface area contributed by atoms with Gasteiger partial charge in [-0.3, -0.25) is 9.69 Å². The van der Waals surface area contributed by atoms with Crippen LogP contribution in [0.2, 0.25) is 5.02 Å². The SMILES string of the molecule is Cc1ccccc1NC(=O)CN1CCCN(c2ncc(C(F)(F)F)cc2Cl)CC1. The van der Waals surface area contributed by atoms with Gasteiger partial charge in [-0.05, 0) is 31.0 Å². The van der Waals surface area contributed by atoms with Crippen molar-refractivity contribution in [2.75, 3.05) is 42.9 Å². The van der Waals surface area contributed by atoms with Crippen LogP contribution in [0.5, 0.6) is 0 Å². The van der Waals surface area contributed by atoms with Crippen molar-refractivity contribution in [3.05, 3.63) is 52.7 Å². The first kappa shape index (κ1) is 21.4. The number of carbonyl (C=O) groups is 1. The minimum Gasteiger partial charge on any atom is -0.354 e. The molecular weight excluding hydrogens is 405 g/mol. The Labute approximate surface area is 172 Å². The number of anilines is 2. The summed E-state index contributed by atoms with van der Waals surface area (Å²) in [5.74, 6) is 0.240. The molecule has 2 aromatic rings. The fourth-order valence-corrected chi connectivity index (χ4v) is 3.55. The van der Waals surface area contributed by atoms with Crippen molar-refractivity contribution in [1.29, 1.82) is 0 Å². The van der Waals surface area contributed by atoms with Crippen molar-refractivity contribution >= 4 is 29.0 Å². The summed E-state index contributed by atoms with van der Waals surface area (Å²) in [6, 6.07) is 8.47. The molecule has 0 spiro atoms. The van der Waals surface area contributed by atoms with E-state index >= 15 is 0 Å². The first-order valence-electron chi connectivity index (χ1n) is 9.29. The van der Waals surface area contributed by atoms with E-state index in [4.69, 9.17) is 11.6 Å². The molecule has 1 N–H and O–H groups in total. The third-order valence-corrected chi connectivity index (χ3v) is 5.10. The predicted octanol–water partition coefficient (Wildman–Crippen LogP) is 4.21. The molecule has 9 heteroatoms. The zero-order valence-corrected chi connectivity index (χ0v) is 16.7. The Morgan fingerprint density at radius 2 is 1.97 bits per heavy atom. The van der Waals surface area contributed by atoms with Crippen LogP contribution in [0.4, 0.5) is 24.7 Å². The third kappa shape index (κ3) is 5.61. The Kier molecular flexibility index (Phi) is 6.64. The molecule has 0 bridgehead atoms. The van der Waals surface area contributed by atoms with Crippen LogP contribution in [0.25, 0.3) is 0 Å². The number of hydrogen-bond acceptors (Lipinski definition) is 4. The first-order valence-corrected chi connectivity index (χ1v) is 9.67. The largest absolute Gasteiger partial charge is 0.417 e. The van der Waals surface area contributed by atoms with E-state index in [1.807, 2.05) is 41.0 Å². The molecule has 0 atom stereocenters. The second-order valence-corrected chi connectivity index (χ2v) is 7.41. The molecule has 1 saturated heterocycles. The number of hydrogen-bond donors (Lipinski definition) is 1. The van der Waals surface area contributed by atoms with Gasteiger partial charge in [0.15, 0.2) is 0 Å². The van der Waals surface area contributed by atoms with Gasteiger partial charge in [-0.15, -0.1) is 0 Å². The normalized spacial score (nSPS) is 15.8. The van der Waals surface area contributed by atoms with E-state index < -0.39 is 11.7 Å². The highest BCUT2D eigenvalue weighted by Crippen LogP contribution is 2.33. The molecule has 0 unspecified atom stereocenters. The standard InChI is InChI=1S/C20H22ClF3N4O/c1-14-5-2-3-6-17(14)26-18(29)13-27-7-4-8-28(10-9-27)19-16(21)11-15(12-25-19)20(22,23)24/h2-3,5-6,11-12H,4,7-10,13H2,1H3,(H,26,29). The Morgan fingerprint density at radius 1 is 1.21 bits per heavy atom. The number of rotatable bonds is 4. The minimum absolute atomic E-state index is 0.0226. The number of nitrogens with one attached hydrogen (secondary N) is 1. The molecule has 5 nitrogen and oxygen atoms in total. The summed E-state index contributed by atoms with van der Waals surface area (Å²) in [4.78, 5) is 20.2. The van der Waals surface area contributed by atoms with Crippen LogP contribution in [0.1, 0.15) is 17.5 Å². The summed E-state index contributed by atoms with van der Waals surface area (Å²) in [6.07, 6.45) is -2.93. The van der Waals surface area contributed by atoms with Crippen LogP contribution in [0, 0.1) is 6.92 Å². The number of halogens is 4. The fourth-order valence-electron chi connectivity index (χ4n) is 3.27. The zero-order valence-electron chi connectivity index (χ0n) is 16.0. The van der Waals surface area contributed by atoms with Crippen molar-refractivity contribution in [2.45, 2.75) is 19.5 Å². The summed E-state index contributed by atoms with van der Waals surface area (Å²) in [7, 11) is 0. The van der Waals surface area contributed by atoms with Crippen molar-refractivity contribution in [3.8, 4) is 0 Å². The number of amides is 1. The van der Waals surface area contributed by atoms with E-state index in [2.05, 4.69) is 10.3 Å². The fraction of sp³-hybridized carbons (Fsp3) is 0.400. The Balaban J connectivity index is 1.59. The molecule has 3 rings (SSSR count). The topological polar surface area (TPSA) is 48.5 Å². The Bertz CT molecular complexity index is 875. The minimum atomic E-state index is -4.48. The monoisotopic (exact) mass is 426 g/mol. The number of para-hydroxylation sites is 1. The lowest BCUT2D eigenvalue weighted by atomic mass is 10.2. The molecule has 29 heavy (non-hydrogen) atoms. The smallest absolute Gasteiger partial charge is 0.354 e. The number of carbonyl (C=O) groups excluding carboxylic acids is 1. The van der Waals surface area contributed by atoms with Gasteiger partial charge in [0.2, 0.25) is 5.91 Å². The number of aryl methyl sites for hydroxylation is 1. The zero-order chi connectivity index (χ0) is 21.0. The van der Waals surface area contributed by atoms with Gasteiger partial charge in [0.05, 0.1) is 17.1 Å². The van der Waals surface area contributed by atoms with E-state index in [-0.39, 0.29) is 17.5 Å². The van der Waals surface area contributed by atoms with Crippen molar-refractivity contribution in [2.24, 2.45) is 0 Å². The molecule has 1 aliphatic rings. The first-order chi connectivity index (χ1) is 13.7. The molecule has 0 radical (unpaired) electrons. The number of aromatic nitrogens is 1. The molecule has 0 aliphatic carbocycles. The maximum absolute atomic E-state index is 12.8. The summed E-state index contributed by atoms with van der Waals surface area (Å²) in [5, 5.41) is 2.89. The van der Waals surface area contributed by atoms with Gasteiger partial charge in [-0.25, -0.2) is 4.98 Å². The summed E-state index contributed by atoms with van der Waals surface area (Å²) in [6.45, 7) is 4.59. The lowest BCUT2D eigenvalue weighted by Gasteiger charge is -2.24. The van der Waals surface area contributed by atoms with Crippen molar-refractivity contribution in [3.63, 3.8) is 0 Å². The van der Waals surface area contributed by atoms with Crippen LogP contribution in [0.3, 0.4) is 0 Å². The van der Waals surface area contributed by atoms with E-state index in [9.17, 15) is 18.0 Å². The third-order valence-electron chi connectivity index (χ3n) is 4.82. The maximum atomic E-state index is 12.8. The molecular formula is C20H22ClF3N4O. The van der Waals surface area contributed by atoms with Gasteiger partial charge in [-0.2, -0.15) is 13.2 Å². The molecule has 1 aliphatic heterocycles. The van der Waals surface area contributed by atoms with Gasteiger partial charge in [0.25, 0.3) is 0 Å². The molecule has 2 heterocycles. The molecule has 1 amide bonds. The predicted molar refractivity (Wildman–Crippen MR) is 107 cm³/mol. The quantitative estimate of drug-likeness (QED) is 0.795. The van der Waals surface area contributed by atoms with E-state index in [0.29, 0.717) is 32.0 Å². The van der Waals surface area contributed by atoms with Crippen LogP contribution in [-0.2, 0) is 11.0 Å². The molecule has 1 aromatic heterocycles. The van der Waals surface area contributed by atoms with Crippen molar-refractivity contribution in [1.82, 2.24) is 9.88 Å². The summed E-state index contributed by atoms with van der Waals surface area (Å²) < 4.78 is 38.4. The summed E-state index contributed by atoms with van der Waals surface area (Å²) in [5.41, 5.74) is 0.913. The molecule has 0 saturated carbocycles. The molecule has 156 valence electrons. The van der Waals surface area contributed by atoms with Gasteiger partial charge in [0, 0.05) is 38.1 Å². The van der Waals surface area contributed by atoms with Gasteiger partial charge >= 0.3 is 6.18 Å². The van der Waals surface area contributed by atoms with Gasteiger partial charge in [0.1, 0.15) is 5.82 Å². The van der Waals surface area contributed by atoms with Crippen LogP contribution >= 0.6 is 11.6 Å². The van der Waals surface area contributed by atoms with Gasteiger partial charge < -0.3 is 10.2 Å². The number of benzene rings is 1. The lowest BCUT2D eigenvalue weighted by Crippen LogP contribution is -2.36. The van der Waals surface area contributed by atoms with Crippen LogP contribution in [0.15, 0.2) is 36.5 Å². The van der Waals surface area contributed by atoms with E-state index in [1.54, 1.807) is 0 Å². The van der Waals surface area contributed by atoms with Crippen LogP contribution < -0.4 is 10.2 Å². The summed E-state index contributed by atoms with van der Waals surface area (Å²) >= 11 is 6.07. The molecule has 1 aromatic carbocycles. The highest BCUT2D eigenvalue weighted by atomic mass is 35.5. The van der Waals surface area contributed by atoms with Crippen molar-refractivity contribution < 1.29 is 18.0 Å². The second kappa shape index (κ2) is 9.00. The van der Waals surface area contributed by atoms with Crippen LogP contribution in [-0.4, -0.2) is 48.5 Å². The number of nitrogens with zero attached hydrogens (tertiary/aromatic N) is 3. The highest BCUT2D eigenvalue weighted by Gasteiger charge is 2.32. The Morgan fingerprint density at radius 3 is 2.66 bits per heavy atom. The maximum Gasteiger partial charge on any atom is 0.417 e. The average molecular weight is 427 g/mol. The van der Waals surface area contributed by atoms with E-state index in [0.717, 1.165) is 29.9 Å². The number of pyridine rings is 1. The highest BCUT2D eigenvalue weighted by molar-refractivity contribution is 6.33. The molecule has 1 fully saturated rings. The number of alkyl halides is 3.